The third kappa shape index (κ3) is 4.39. The van der Waals surface area contributed by atoms with Crippen molar-refractivity contribution in [3.63, 3.8) is 0 Å². The highest BCUT2D eigenvalue weighted by atomic mass is 35.5. The van der Waals surface area contributed by atoms with E-state index in [9.17, 15) is 14.4 Å². The first-order chi connectivity index (χ1) is 19.1. The number of nitrogens with zero attached hydrogens (tertiary/aromatic N) is 1. The molecule has 1 aromatic carbocycles. The summed E-state index contributed by atoms with van der Waals surface area (Å²) < 4.78 is 6.58. The number of amides is 3. The Morgan fingerprint density at radius 2 is 1.73 bits per heavy atom. The Morgan fingerprint density at radius 3 is 2.48 bits per heavy atom. The van der Waals surface area contributed by atoms with Crippen LogP contribution in [0.25, 0.3) is 0 Å². The number of halogens is 1. The molecule has 1 aromatic rings. The summed E-state index contributed by atoms with van der Waals surface area (Å²) in [7, 11) is 0. The molecule has 8 heteroatoms. The number of nitrogens with one attached hydrogen (secondary N) is 2. The van der Waals surface area contributed by atoms with E-state index in [0.29, 0.717) is 28.5 Å². The van der Waals surface area contributed by atoms with E-state index in [1.165, 1.54) is 6.42 Å². The lowest BCUT2D eigenvalue weighted by Gasteiger charge is -2.44. The van der Waals surface area contributed by atoms with E-state index in [-0.39, 0.29) is 35.7 Å². The zero-order chi connectivity index (χ0) is 28.3. The number of likely N-dealkylation sites (tertiary alicyclic amines) is 1. The number of hydrogen-bond donors (Lipinski definition) is 2. The molecule has 1 spiro atoms. The van der Waals surface area contributed by atoms with E-state index in [4.69, 9.17) is 16.3 Å². The van der Waals surface area contributed by atoms with Crippen LogP contribution in [-0.2, 0) is 19.1 Å². The van der Waals surface area contributed by atoms with Crippen LogP contribution in [0.2, 0.25) is 5.02 Å². The summed E-state index contributed by atoms with van der Waals surface area (Å²) >= 11 is 6.15. The lowest BCUT2D eigenvalue weighted by atomic mass is 9.73. The van der Waals surface area contributed by atoms with Crippen LogP contribution in [0.4, 0.5) is 5.69 Å². The van der Waals surface area contributed by atoms with E-state index in [2.05, 4.69) is 38.3 Å². The molecule has 5 aliphatic rings. The largest absolute Gasteiger partial charge is 0.359 e. The minimum atomic E-state index is -1.15. The average molecular weight is 568 g/mol. The van der Waals surface area contributed by atoms with Crippen LogP contribution in [0.1, 0.15) is 66.2 Å². The number of benzene rings is 1. The SMILES string of the molecule is CC1CCCC(NC(=O)C2N(C3CCCC(C)C3C)C(=O)[C@@H]3C(C(=O)Nc4cccc(Cl)c4)[C@@H]4C=CC23O4)C1C. The normalized spacial score (nSPS) is 42.1. The Kier molecular flexibility index (Phi) is 7.27. The van der Waals surface area contributed by atoms with Crippen molar-refractivity contribution in [3.05, 3.63) is 41.4 Å². The predicted octanol–water partition coefficient (Wildman–Crippen LogP) is 5.19. The Balaban J connectivity index is 1.35. The van der Waals surface area contributed by atoms with Crippen LogP contribution in [-0.4, -0.2) is 52.5 Å². The van der Waals surface area contributed by atoms with Gasteiger partial charge in [0.25, 0.3) is 0 Å². The van der Waals surface area contributed by atoms with Gasteiger partial charge in [0.2, 0.25) is 17.7 Å². The fourth-order valence-electron chi connectivity index (χ4n) is 8.35. The van der Waals surface area contributed by atoms with Crippen molar-refractivity contribution in [2.45, 2.75) is 96.1 Å². The van der Waals surface area contributed by atoms with Gasteiger partial charge in [-0.25, -0.2) is 0 Å². The molecule has 2 saturated heterocycles. The van der Waals surface area contributed by atoms with Crippen LogP contribution in [0.5, 0.6) is 0 Å². The Labute approximate surface area is 242 Å². The third-order valence-corrected chi connectivity index (χ3v) is 11.2. The van der Waals surface area contributed by atoms with Crippen molar-refractivity contribution in [2.75, 3.05) is 5.32 Å². The second kappa shape index (κ2) is 10.5. The van der Waals surface area contributed by atoms with Crippen molar-refractivity contribution >= 4 is 35.0 Å². The molecule has 3 heterocycles. The maximum atomic E-state index is 14.5. The number of carbonyl (C=O) groups is 3. The molecule has 2 bridgehead atoms. The molecule has 9 unspecified atom stereocenters. The zero-order valence-corrected chi connectivity index (χ0v) is 24.7. The fraction of sp³-hybridized carbons (Fsp3) is 0.656. The number of carbonyl (C=O) groups excluding carboxylic acids is 3. The van der Waals surface area contributed by atoms with Gasteiger partial charge in [-0.05, 0) is 54.7 Å². The van der Waals surface area contributed by atoms with Gasteiger partial charge in [-0.3, -0.25) is 14.4 Å². The maximum absolute atomic E-state index is 14.5. The lowest BCUT2D eigenvalue weighted by Crippen LogP contribution is -2.61. The van der Waals surface area contributed by atoms with E-state index < -0.39 is 29.6 Å². The molecule has 11 atom stereocenters. The van der Waals surface area contributed by atoms with Crippen LogP contribution in [0.3, 0.4) is 0 Å². The highest BCUT2D eigenvalue weighted by Gasteiger charge is 2.73. The molecule has 2 N–H and O–H groups in total. The van der Waals surface area contributed by atoms with E-state index >= 15 is 0 Å². The quantitative estimate of drug-likeness (QED) is 0.479. The minimum Gasteiger partial charge on any atom is -0.359 e. The van der Waals surface area contributed by atoms with Gasteiger partial charge in [-0.1, -0.05) is 83.2 Å². The summed E-state index contributed by atoms with van der Waals surface area (Å²) in [6, 6.07) is 6.20. The second-order valence-corrected chi connectivity index (χ2v) is 13.6. The van der Waals surface area contributed by atoms with Gasteiger partial charge in [-0.2, -0.15) is 0 Å². The van der Waals surface area contributed by atoms with Gasteiger partial charge in [0, 0.05) is 22.8 Å². The first-order valence-corrected chi connectivity index (χ1v) is 15.6. The van der Waals surface area contributed by atoms with E-state index in [1.807, 2.05) is 17.1 Å². The summed E-state index contributed by atoms with van der Waals surface area (Å²) in [5.41, 5.74) is -0.573. The average Bonchev–Trinajstić information content (AvgIpc) is 3.56. The Morgan fingerprint density at radius 1 is 1.00 bits per heavy atom. The first-order valence-electron chi connectivity index (χ1n) is 15.2. The molecule has 3 amide bonds. The molecule has 4 fully saturated rings. The molecular weight excluding hydrogens is 526 g/mol. The predicted molar refractivity (Wildman–Crippen MR) is 155 cm³/mol. The maximum Gasteiger partial charge on any atom is 0.246 e. The molecule has 6 rings (SSSR count). The number of hydrogen-bond acceptors (Lipinski definition) is 4. The third-order valence-electron chi connectivity index (χ3n) is 11.0. The molecule has 40 heavy (non-hydrogen) atoms. The summed E-state index contributed by atoms with van der Waals surface area (Å²) in [6.07, 6.45) is 9.42. The summed E-state index contributed by atoms with van der Waals surface area (Å²) in [5, 5.41) is 6.85. The highest BCUT2D eigenvalue weighted by Crippen LogP contribution is 2.57. The standard InChI is InChI=1S/C32H42ClN3O4/c1-17-8-5-12-23(19(17)3)35-30(38)28-32-15-14-25(40-32)26(29(37)34-22-11-7-10-21(33)16-22)27(32)31(39)36(28)24-13-6-9-18(2)20(24)4/h7,10-11,14-20,23-28H,5-6,8-9,12-13H2,1-4H3,(H,34,37)(H,35,38)/t17?,18?,19?,20?,23?,24?,25-,26?,27-,28?,32?/m0/s1. The summed E-state index contributed by atoms with van der Waals surface area (Å²) in [6.45, 7) is 8.90. The van der Waals surface area contributed by atoms with Crippen molar-refractivity contribution < 1.29 is 19.1 Å². The van der Waals surface area contributed by atoms with Gasteiger partial charge in [-0.15, -0.1) is 0 Å². The molecule has 0 radical (unpaired) electrons. The number of rotatable bonds is 5. The number of fused-ring (bicyclic) bond motifs is 1. The van der Waals surface area contributed by atoms with Gasteiger partial charge in [0.1, 0.15) is 11.6 Å². The lowest BCUT2D eigenvalue weighted by molar-refractivity contribution is -0.146. The summed E-state index contributed by atoms with van der Waals surface area (Å²) in [4.78, 5) is 44.4. The van der Waals surface area contributed by atoms with Crippen LogP contribution >= 0.6 is 11.6 Å². The van der Waals surface area contributed by atoms with Gasteiger partial charge >= 0.3 is 0 Å². The van der Waals surface area contributed by atoms with Crippen molar-refractivity contribution in [1.29, 1.82) is 0 Å². The molecule has 216 valence electrons. The monoisotopic (exact) mass is 567 g/mol. The van der Waals surface area contributed by atoms with Gasteiger partial charge in [0.05, 0.1) is 17.9 Å². The molecule has 0 aromatic heterocycles. The van der Waals surface area contributed by atoms with Crippen molar-refractivity contribution in [3.8, 4) is 0 Å². The molecular formula is C32H42ClN3O4. The van der Waals surface area contributed by atoms with Gasteiger partial charge < -0.3 is 20.3 Å². The van der Waals surface area contributed by atoms with E-state index in [0.717, 1.165) is 32.1 Å². The molecule has 2 aliphatic carbocycles. The number of anilines is 1. The van der Waals surface area contributed by atoms with Crippen LogP contribution in [0.15, 0.2) is 36.4 Å². The molecule has 7 nitrogen and oxygen atoms in total. The summed E-state index contributed by atoms with van der Waals surface area (Å²) in [5.74, 6) is -0.438. The molecule has 2 saturated carbocycles. The number of ether oxygens (including phenoxy) is 1. The topological polar surface area (TPSA) is 87.7 Å². The van der Waals surface area contributed by atoms with Gasteiger partial charge in [0.15, 0.2) is 0 Å². The Bertz CT molecular complexity index is 1220. The smallest absolute Gasteiger partial charge is 0.246 e. The fourth-order valence-corrected chi connectivity index (χ4v) is 8.54. The molecule has 3 aliphatic heterocycles. The van der Waals surface area contributed by atoms with E-state index in [1.54, 1.807) is 24.3 Å². The van der Waals surface area contributed by atoms with Crippen LogP contribution < -0.4 is 10.6 Å². The van der Waals surface area contributed by atoms with Crippen molar-refractivity contribution in [1.82, 2.24) is 10.2 Å². The Hall–Kier alpha value is -2.38. The zero-order valence-electron chi connectivity index (χ0n) is 23.9. The van der Waals surface area contributed by atoms with Crippen molar-refractivity contribution in [2.24, 2.45) is 35.5 Å². The second-order valence-electron chi connectivity index (χ2n) is 13.2. The van der Waals surface area contributed by atoms with Crippen LogP contribution in [0, 0.1) is 35.5 Å². The first kappa shape index (κ1) is 27.8. The minimum absolute atomic E-state index is 0.0656. The highest BCUT2D eigenvalue weighted by molar-refractivity contribution is 6.30.